The number of hydrogen-bond donors (Lipinski definition) is 1. The quantitative estimate of drug-likeness (QED) is 0.841. The molecule has 0 saturated carbocycles. The van der Waals surface area contributed by atoms with Crippen molar-refractivity contribution in [1.82, 2.24) is 14.5 Å². The van der Waals surface area contributed by atoms with Gasteiger partial charge in [-0.25, -0.2) is 12.8 Å². The number of rotatable bonds is 5. The highest BCUT2D eigenvalue weighted by Crippen LogP contribution is 2.29. The van der Waals surface area contributed by atoms with Crippen molar-refractivity contribution in [2.24, 2.45) is 4.99 Å². The lowest BCUT2D eigenvalue weighted by atomic mass is 10.1. The summed E-state index contributed by atoms with van der Waals surface area (Å²) >= 11 is 0. The summed E-state index contributed by atoms with van der Waals surface area (Å²) in [6.07, 6.45) is 0. The lowest BCUT2D eigenvalue weighted by Crippen LogP contribution is -2.46. The van der Waals surface area contributed by atoms with Crippen LogP contribution >= 0.6 is 0 Å². The molecule has 0 aromatic heterocycles. The van der Waals surface area contributed by atoms with E-state index in [1.54, 1.807) is 6.92 Å². The minimum atomic E-state index is -3.66. The summed E-state index contributed by atoms with van der Waals surface area (Å²) in [6, 6.07) is 5.47. The Balaban J connectivity index is 1.69. The summed E-state index contributed by atoms with van der Waals surface area (Å²) < 4.78 is 40.5. The minimum absolute atomic E-state index is 0.174. The highest BCUT2D eigenvalue weighted by Gasteiger charge is 2.32. The summed E-state index contributed by atoms with van der Waals surface area (Å²) in [4.78, 5) is 9.40. The molecule has 1 fully saturated rings. The molecule has 0 bridgehead atoms. The second kappa shape index (κ2) is 7.85. The molecule has 142 valence electrons. The van der Waals surface area contributed by atoms with E-state index in [9.17, 15) is 12.8 Å². The molecule has 0 amide bonds. The van der Waals surface area contributed by atoms with E-state index >= 15 is 0 Å². The van der Waals surface area contributed by atoms with Crippen molar-refractivity contribution >= 4 is 20.8 Å². The van der Waals surface area contributed by atoms with Gasteiger partial charge in [0.1, 0.15) is 16.6 Å². The molecule has 6 nitrogen and oxygen atoms in total. The maximum Gasteiger partial charge on any atom is 0.264 e. The third-order valence-electron chi connectivity index (χ3n) is 4.90. The fourth-order valence-electron chi connectivity index (χ4n) is 3.32. The Morgan fingerprint density at radius 3 is 2.35 bits per heavy atom. The van der Waals surface area contributed by atoms with Gasteiger partial charge in [0.15, 0.2) is 0 Å². The molecule has 26 heavy (non-hydrogen) atoms. The molecule has 1 N–H and O–H groups in total. The first kappa shape index (κ1) is 19.0. The van der Waals surface area contributed by atoms with Gasteiger partial charge in [-0.2, -0.15) is 0 Å². The van der Waals surface area contributed by atoms with Crippen LogP contribution in [0.25, 0.3) is 4.91 Å². The van der Waals surface area contributed by atoms with Crippen LogP contribution in [0.15, 0.2) is 34.8 Å². The van der Waals surface area contributed by atoms with E-state index in [-0.39, 0.29) is 4.91 Å². The van der Waals surface area contributed by atoms with Gasteiger partial charge in [0.2, 0.25) is 0 Å². The number of sulfonamides is 1. The number of halogens is 1. The van der Waals surface area contributed by atoms with Gasteiger partial charge in [-0.15, -0.1) is 0 Å². The van der Waals surface area contributed by atoms with Gasteiger partial charge in [0.05, 0.1) is 6.54 Å². The smallest absolute Gasteiger partial charge is 0.264 e. The summed E-state index contributed by atoms with van der Waals surface area (Å²) in [6.45, 7) is 10.5. The molecule has 0 atom stereocenters. The van der Waals surface area contributed by atoms with Crippen LogP contribution in [0.1, 0.15) is 19.4 Å². The van der Waals surface area contributed by atoms with Crippen LogP contribution in [-0.2, 0) is 10.0 Å². The summed E-state index contributed by atoms with van der Waals surface area (Å²) in [5.74, 6) is -0.0102. The zero-order chi connectivity index (χ0) is 18.7. The van der Waals surface area contributed by atoms with Crippen molar-refractivity contribution in [2.45, 2.75) is 13.8 Å². The van der Waals surface area contributed by atoms with Gasteiger partial charge in [-0.3, -0.25) is 14.6 Å². The predicted octanol–water partition coefficient (Wildman–Crippen LogP) is 1.53. The number of piperazine rings is 1. The second-order valence-corrected chi connectivity index (χ2v) is 8.19. The van der Waals surface area contributed by atoms with E-state index in [1.165, 1.54) is 24.3 Å². The molecule has 1 aromatic carbocycles. The molecule has 0 spiro atoms. The van der Waals surface area contributed by atoms with Gasteiger partial charge in [0.25, 0.3) is 10.0 Å². The summed E-state index contributed by atoms with van der Waals surface area (Å²) in [7, 11) is -3.66. The van der Waals surface area contributed by atoms with Crippen LogP contribution in [0.5, 0.6) is 0 Å². The van der Waals surface area contributed by atoms with E-state index in [0.717, 1.165) is 39.3 Å². The minimum Gasteiger partial charge on any atom is -0.301 e. The Kier molecular flexibility index (Phi) is 5.74. The Bertz CT molecular complexity index is 810. The topological polar surface area (TPSA) is 65.0 Å². The van der Waals surface area contributed by atoms with E-state index in [4.69, 9.17) is 0 Å². The number of nitrogens with one attached hydrogen (secondary N) is 1. The molecule has 2 aliphatic heterocycles. The number of amidine groups is 1. The summed E-state index contributed by atoms with van der Waals surface area (Å²) in [5.41, 5.74) is 1.05. The fraction of sp³-hybridized carbons (Fsp3) is 0.500. The Labute approximate surface area is 154 Å². The van der Waals surface area contributed by atoms with Gasteiger partial charge < -0.3 is 4.90 Å². The molecule has 0 aliphatic carbocycles. The van der Waals surface area contributed by atoms with Gasteiger partial charge >= 0.3 is 0 Å². The van der Waals surface area contributed by atoms with Crippen molar-refractivity contribution in [2.75, 3.05) is 45.8 Å². The number of likely N-dealkylation sites (N-methyl/N-ethyl adjacent to an activating group) is 1. The lowest BCUT2D eigenvalue weighted by molar-refractivity contribution is 0.140. The molecule has 0 unspecified atom stereocenters. The molecular formula is C18H25FN4O2S. The monoisotopic (exact) mass is 380 g/mol. The standard InChI is InChI=1S/C18H25FN4O2S/c1-3-22-10-12-23(13-11-22)9-8-20-18-14(2)17(26(24,25)21-18)15-4-6-16(19)7-5-15/h4-7H,3,8-13H2,1-2H3,(H,20,21). The van der Waals surface area contributed by atoms with Gasteiger partial charge in [-0.05, 0) is 31.2 Å². The van der Waals surface area contributed by atoms with Crippen molar-refractivity contribution in [3.8, 4) is 0 Å². The molecular weight excluding hydrogens is 355 g/mol. The Morgan fingerprint density at radius 1 is 1.12 bits per heavy atom. The first-order valence-electron chi connectivity index (χ1n) is 8.90. The largest absolute Gasteiger partial charge is 0.301 e. The van der Waals surface area contributed by atoms with E-state index < -0.39 is 15.8 Å². The van der Waals surface area contributed by atoms with Gasteiger partial charge in [0, 0.05) is 38.3 Å². The predicted molar refractivity (Wildman–Crippen MR) is 102 cm³/mol. The van der Waals surface area contributed by atoms with Crippen molar-refractivity contribution < 1.29 is 12.8 Å². The summed E-state index contributed by atoms with van der Waals surface area (Å²) in [5, 5.41) is 0. The average Bonchev–Trinajstić information content (AvgIpc) is 2.85. The van der Waals surface area contributed by atoms with Crippen LogP contribution in [-0.4, -0.2) is 69.9 Å². The third-order valence-corrected chi connectivity index (χ3v) is 6.44. The number of aliphatic imine (C=N–C) groups is 1. The Morgan fingerprint density at radius 2 is 1.73 bits per heavy atom. The molecule has 2 heterocycles. The first-order valence-corrected chi connectivity index (χ1v) is 10.4. The van der Waals surface area contributed by atoms with E-state index in [0.29, 0.717) is 23.5 Å². The van der Waals surface area contributed by atoms with Crippen molar-refractivity contribution in [3.63, 3.8) is 0 Å². The third kappa shape index (κ3) is 4.13. The number of benzene rings is 1. The maximum absolute atomic E-state index is 13.1. The second-order valence-electron chi connectivity index (χ2n) is 6.57. The Hall–Kier alpha value is -1.77. The number of hydrogen-bond acceptors (Lipinski definition) is 5. The zero-order valence-corrected chi connectivity index (χ0v) is 16.0. The fourth-order valence-corrected chi connectivity index (χ4v) is 4.84. The van der Waals surface area contributed by atoms with E-state index in [1.807, 2.05) is 0 Å². The van der Waals surface area contributed by atoms with Crippen LogP contribution in [0.4, 0.5) is 4.39 Å². The number of nitrogens with zero attached hydrogens (tertiary/aromatic N) is 3. The lowest BCUT2D eigenvalue weighted by Gasteiger charge is -2.33. The van der Waals surface area contributed by atoms with E-state index in [2.05, 4.69) is 26.4 Å². The van der Waals surface area contributed by atoms with Crippen molar-refractivity contribution in [3.05, 3.63) is 41.2 Å². The van der Waals surface area contributed by atoms with Gasteiger partial charge in [-0.1, -0.05) is 19.1 Å². The molecule has 8 heteroatoms. The average molecular weight is 380 g/mol. The van der Waals surface area contributed by atoms with Crippen LogP contribution in [0, 0.1) is 5.82 Å². The first-order chi connectivity index (χ1) is 12.4. The van der Waals surface area contributed by atoms with Crippen molar-refractivity contribution in [1.29, 1.82) is 0 Å². The zero-order valence-electron chi connectivity index (χ0n) is 15.2. The molecule has 0 radical (unpaired) electrons. The maximum atomic E-state index is 13.1. The highest BCUT2D eigenvalue weighted by molar-refractivity contribution is 8.00. The van der Waals surface area contributed by atoms with Crippen LogP contribution in [0.2, 0.25) is 0 Å². The van der Waals surface area contributed by atoms with Crippen LogP contribution < -0.4 is 4.72 Å². The van der Waals surface area contributed by atoms with Crippen LogP contribution in [0.3, 0.4) is 0 Å². The molecule has 1 aromatic rings. The highest BCUT2D eigenvalue weighted by atomic mass is 32.2. The molecule has 1 saturated heterocycles. The molecule has 2 aliphatic rings. The normalized spacial score (nSPS) is 22.8. The SMILES string of the molecule is CCN1CCN(CCN=C2NS(=O)(=O)C(c3ccc(F)cc3)=C2C)CC1. The molecule has 3 rings (SSSR count).